The Kier molecular flexibility index (Phi) is 3.72. The first-order valence-electron chi connectivity index (χ1n) is 5.10. The van der Waals surface area contributed by atoms with Crippen molar-refractivity contribution >= 4 is 17.5 Å². The fourth-order valence-corrected chi connectivity index (χ4v) is 1.61. The first-order chi connectivity index (χ1) is 7.84. The third-order valence-corrected chi connectivity index (χ3v) is 2.39. The molecule has 1 heterocycles. The molecule has 1 aromatic carbocycles. The number of halogens is 1. The highest BCUT2D eigenvalue weighted by molar-refractivity contribution is 6.30. The Bertz CT molecular complexity index is 445. The summed E-state index contributed by atoms with van der Waals surface area (Å²) in [5, 5.41) is 3.92. The minimum Gasteiger partial charge on any atom is -0.354 e. The summed E-state index contributed by atoms with van der Waals surface area (Å²) < 4.78 is 0. The molecule has 0 amide bonds. The van der Waals surface area contributed by atoms with E-state index in [-0.39, 0.29) is 0 Å². The van der Waals surface area contributed by atoms with E-state index >= 15 is 0 Å². The summed E-state index contributed by atoms with van der Waals surface area (Å²) >= 11 is 5.90. The summed E-state index contributed by atoms with van der Waals surface area (Å²) in [5.74, 6) is 0.657. The average Bonchev–Trinajstić information content (AvgIpc) is 2.30. The molecule has 0 aliphatic carbocycles. The first kappa shape index (κ1) is 10.9. The Morgan fingerprint density at radius 2 is 1.94 bits per heavy atom. The summed E-state index contributed by atoms with van der Waals surface area (Å²) in [4.78, 5) is 8.16. The topological polar surface area (TPSA) is 37.8 Å². The lowest BCUT2D eigenvalue weighted by molar-refractivity contribution is 0.984. The smallest absolute Gasteiger partial charge is 0.222 e. The van der Waals surface area contributed by atoms with Crippen LogP contribution in [0.1, 0.15) is 5.56 Å². The molecule has 1 aromatic heterocycles. The predicted molar refractivity (Wildman–Crippen MR) is 65.7 cm³/mol. The van der Waals surface area contributed by atoms with Crippen LogP contribution in [0, 0.1) is 0 Å². The third-order valence-electron chi connectivity index (χ3n) is 2.15. The SMILES string of the molecule is Clc1cccc(CCNc2ncccn2)c1. The molecular weight excluding hydrogens is 222 g/mol. The van der Waals surface area contributed by atoms with Crippen LogP contribution in [-0.2, 0) is 6.42 Å². The largest absolute Gasteiger partial charge is 0.354 e. The van der Waals surface area contributed by atoms with Gasteiger partial charge in [0, 0.05) is 24.0 Å². The van der Waals surface area contributed by atoms with E-state index in [0.29, 0.717) is 5.95 Å². The number of aromatic nitrogens is 2. The minimum atomic E-state index is 0.657. The Morgan fingerprint density at radius 1 is 1.12 bits per heavy atom. The molecule has 0 unspecified atom stereocenters. The molecule has 2 aromatic rings. The third kappa shape index (κ3) is 3.21. The quantitative estimate of drug-likeness (QED) is 0.883. The van der Waals surface area contributed by atoms with Crippen LogP contribution in [-0.4, -0.2) is 16.5 Å². The molecule has 0 saturated carbocycles. The van der Waals surface area contributed by atoms with Crippen LogP contribution in [0.25, 0.3) is 0 Å². The van der Waals surface area contributed by atoms with Gasteiger partial charge in [0.05, 0.1) is 0 Å². The predicted octanol–water partition coefficient (Wildman–Crippen LogP) is 2.78. The highest BCUT2D eigenvalue weighted by atomic mass is 35.5. The second kappa shape index (κ2) is 5.47. The van der Waals surface area contributed by atoms with Crippen molar-refractivity contribution in [1.82, 2.24) is 9.97 Å². The lowest BCUT2D eigenvalue weighted by atomic mass is 10.1. The van der Waals surface area contributed by atoms with E-state index in [1.807, 2.05) is 18.2 Å². The number of anilines is 1. The van der Waals surface area contributed by atoms with Crippen LogP contribution in [0.15, 0.2) is 42.7 Å². The van der Waals surface area contributed by atoms with Crippen LogP contribution in [0.5, 0.6) is 0 Å². The zero-order chi connectivity index (χ0) is 11.2. The summed E-state index contributed by atoms with van der Waals surface area (Å²) in [6.07, 6.45) is 4.34. The zero-order valence-corrected chi connectivity index (χ0v) is 9.48. The van der Waals surface area contributed by atoms with Gasteiger partial charge in [-0.15, -0.1) is 0 Å². The van der Waals surface area contributed by atoms with Crippen molar-refractivity contribution in [2.24, 2.45) is 0 Å². The van der Waals surface area contributed by atoms with Gasteiger partial charge in [-0.3, -0.25) is 0 Å². The Hall–Kier alpha value is -1.61. The highest BCUT2D eigenvalue weighted by Crippen LogP contribution is 2.11. The van der Waals surface area contributed by atoms with Gasteiger partial charge in [-0.25, -0.2) is 9.97 Å². The first-order valence-corrected chi connectivity index (χ1v) is 5.48. The number of hydrogen-bond acceptors (Lipinski definition) is 3. The van der Waals surface area contributed by atoms with Gasteiger partial charge < -0.3 is 5.32 Å². The van der Waals surface area contributed by atoms with Crippen molar-refractivity contribution in [2.75, 3.05) is 11.9 Å². The van der Waals surface area contributed by atoms with E-state index in [2.05, 4.69) is 21.4 Å². The molecule has 0 spiro atoms. The fraction of sp³-hybridized carbons (Fsp3) is 0.167. The maximum absolute atomic E-state index is 5.90. The van der Waals surface area contributed by atoms with Crippen LogP contribution < -0.4 is 5.32 Å². The van der Waals surface area contributed by atoms with Gasteiger partial charge in [0.15, 0.2) is 0 Å². The number of rotatable bonds is 4. The van der Waals surface area contributed by atoms with Gasteiger partial charge in [0.25, 0.3) is 0 Å². The van der Waals surface area contributed by atoms with Gasteiger partial charge in [-0.2, -0.15) is 0 Å². The van der Waals surface area contributed by atoms with Crippen LogP contribution >= 0.6 is 11.6 Å². The molecule has 1 N–H and O–H groups in total. The van der Waals surface area contributed by atoms with Crippen molar-refractivity contribution in [3.63, 3.8) is 0 Å². The van der Waals surface area contributed by atoms with Crippen molar-refractivity contribution in [3.8, 4) is 0 Å². The van der Waals surface area contributed by atoms with Crippen molar-refractivity contribution in [3.05, 3.63) is 53.3 Å². The Labute approximate surface area is 99.5 Å². The van der Waals surface area contributed by atoms with Crippen molar-refractivity contribution in [2.45, 2.75) is 6.42 Å². The van der Waals surface area contributed by atoms with Crippen LogP contribution in [0.3, 0.4) is 0 Å². The second-order valence-corrected chi connectivity index (χ2v) is 3.82. The van der Waals surface area contributed by atoms with Crippen molar-refractivity contribution < 1.29 is 0 Å². The van der Waals surface area contributed by atoms with Gasteiger partial charge in [0.2, 0.25) is 5.95 Å². The summed E-state index contributed by atoms with van der Waals surface area (Å²) in [7, 11) is 0. The van der Waals surface area contributed by atoms with E-state index in [9.17, 15) is 0 Å². The molecule has 3 nitrogen and oxygen atoms in total. The summed E-state index contributed by atoms with van der Waals surface area (Å²) in [6, 6.07) is 9.64. The molecule has 4 heteroatoms. The minimum absolute atomic E-state index is 0.657. The van der Waals surface area contributed by atoms with Crippen LogP contribution in [0.2, 0.25) is 5.02 Å². The number of hydrogen-bond donors (Lipinski definition) is 1. The zero-order valence-electron chi connectivity index (χ0n) is 8.73. The van der Waals surface area contributed by atoms with Gasteiger partial charge in [0.1, 0.15) is 0 Å². The molecule has 82 valence electrons. The maximum atomic E-state index is 5.90. The second-order valence-electron chi connectivity index (χ2n) is 3.38. The maximum Gasteiger partial charge on any atom is 0.222 e. The molecule has 0 bridgehead atoms. The molecule has 0 atom stereocenters. The lowest BCUT2D eigenvalue weighted by Gasteiger charge is -2.04. The summed E-state index contributed by atoms with van der Waals surface area (Å²) in [5.41, 5.74) is 1.20. The van der Waals surface area contributed by atoms with Gasteiger partial charge >= 0.3 is 0 Å². The van der Waals surface area contributed by atoms with Crippen molar-refractivity contribution in [1.29, 1.82) is 0 Å². The molecule has 0 radical (unpaired) electrons. The number of nitrogens with one attached hydrogen (secondary N) is 1. The average molecular weight is 234 g/mol. The summed E-state index contributed by atoms with van der Waals surface area (Å²) in [6.45, 7) is 0.796. The van der Waals surface area contributed by atoms with Gasteiger partial charge in [-0.05, 0) is 30.2 Å². The molecule has 0 aliphatic heterocycles. The number of nitrogens with zero attached hydrogens (tertiary/aromatic N) is 2. The Morgan fingerprint density at radius 3 is 2.69 bits per heavy atom. The van der Waals surface area contributed by atoms with E-state index in [1.54, 1.807) is 18.5 Å². The highest BCUT2D eigenvalue weighted by Gasteiger charge is 1.95. The van der Waals surface area contributed by atoms with Crippen LogP contribution in [0.4, 0.5) is 5.95 Å². The van der Waals surface area contributed by atoms with Gasteiger partial charge in [-0.1, -0.05) is 23.7 Å². The molecule has 2 rings (SSSR count). The van der Waals surface area contributed by atoms with E-state index in [1.165, 1.54) is 5.56 Å². The molecule has 16 heavy (non-hydrogen) atoms. The molecular formula is C12H12ClN3. The van der Waals surface area contributed by atoms with E-state index in [4.69, 9.17) is 11.6 Å². The molecule has 0 fully saturated rings. The number of benzene rings is 1. The monoisotopic (exact) mass is 233 g/mol. The molecule has 0 saturated heterocycles. The lowest BCUT2D eigenvalue weighted by Crippen LogP contribution is -2.07. The Balaban J connectivity index is 1.85. The molecule has 0 aliphatic rings. The van der Waals surface area contributed by atoms with E-state index < -0.39 is 0 Å². The fourth-order valence-electron chi connectivity index (χ4n) is 1.40. The normalized spacial score (nSPS) is 10.1. The standard InChI is InChI=1S/C12H12ClN3/c13-11-4-1-3-10(9-11)5-8-16-12-14-6-2-7-15-12/h1-4,6-7,9H,5,8H2,(H,14,15,16). The van der Waals surface area contributed by atoms with E-state index in [0.717, 1.165) is 18.0 Å².